The van der Waals surface area contributed by atoms with Crippen LogP contribution in [0.4, 0.5) is 0 Å². The molecule has 0 spiro atoms. The zero-order chi connectivity index (χ0) is 12.5. The summed E-state index contributed by atoms with van der Waals surface area (Å²) in [5.41, 5.74) is 7.74. The fourth-order valence-corrected chi connectivity index (χ4v) is 1.57. The molecule has 3 nitrogen and oxygen atoms in total. The third-order valence-electron chi connectivity index (χ3n) is 2.51. The molecule has 92 valence electrons. The SMILES string of the molecule is COC(=O)CCc1ccccc1C=CCCN. The van der Waals surface area contributed by atoms with Crippen molar-refractivity contribution in [2.24, 2.45) is 5.73 Å². The molecule has 1 rings (SSSR count). The second kappa shape index (κ2) is 7.63. The molecular formula is C14H19NO2. The summed E-state index contributed by atoms with van der Waals surface area (Å²) >= 11 is 0. The van der Waals surface area contributed by atoms with Gasteiger partial charge in [0.25, 0.3) is 0 Å². The van der Waals surface area contributed by atoms with Crippen LogP contribution in [0.1, 0.15) is 24.0 Å². The summed E-state index contributed by atoms with van der Waals surface area (Å²) in [5.74, 6) is -0.175. The number of hydrogen-bond donors (Lipinski definition) is 1. The van der Waals surface area contributed by atoms with Crippen molar-refractivity contribution < 1.29 is 9.53 Å². The molecule has 0 fully saturated rings. The molecule has 17 heavy (non-hydrogen) atoms. The largest absolute Gasteiger partial charge is 0.469 e. The highest BCUT2D eigenvalue weighted by Crippen LogP contribution is 2.13. The molecule has 1 aromatic rings. The molecule has 2 N–H and O–H groups in total. The number of nitrogens with two attached hydrogens (primary N) is 1. The molecule has 0 bridgehead atoms. The summed E-state index contributed by atoms with van der Waals surface area (Å²) < 4.78 is 4.64. The van der Waals surface area contributed by atoms with Crippen LogP contribution in [-0.4, -0.2) is 19.6 Å². The Kier molecular flexibility index (Phi) is 6.04. The number of carbonyl (C=O) groups is 1. The molecule has 3 heteroatoms. The third-order valence-corrected chi connectivity index (χ3v) is 2.51. The maximum atomic E-state index is 11.1. The van der Waals surface area contributed by atoms with Gasteiger partial charge in [0.1, 0.15) is 0 Å². The van der Waals surface area contributed by atoms with Gasteiger partial charge >= 0.3 is 5.97 Å². The van der Waals surface area contributed by atoms with E-state index in [0.717, 1.165) is 17.5 Å². The molecule has 0 amide bonds. The Hall–Kier alpha value is -1.61. The number of esters is 1. The van der Waals surface area contributed by atoms with E-state index in [4.69, 9.17) is 5.73 Å². The minimum Gasteiger partial charge on any atom is -0.469 e. The average Bonchev–Trinajstić information content (AvgIpc) is 2.37. The van der Waals surface area contributed by atoms with E-state index in [1.165, 1.54) is 7.11 Å². The van der Waals surface area contributed by atoms with Crippen LogP contribution in [0.25, 0.3) is 6.08 Å². The number of ether oxygens (including phenoxy) is 1. The van der Waals surface area contributed by atoms with Gasteiger partial charge in [-0.2, -0.15) is 0 Å². The summed E-state index contributed by atoms with van der Waals surface area (Å²) in [4.78, 5) is 11.1. The fourth-order valence-electron chi connectivity index (χ4n) is 1.57. The molecule has 0 aromatic heterocycles. The number of hydrogen-bond acceptors (Lipinski definition) is 3. The fraction of sp³-hybridized carbons (Fsp3) is 0.357. The third kappa shape index (κ3) is 4.83. The van der Waals surface area contributed by atoms with Crippen LogP contribution in [0.2, 0.25) is 0 Å². The minimum atomic E-state index is -0.175. The van der Waals surface area contributed by atoms with E-state index < -0.39 is 0 Å². The summed E-state index contributed by atoms with van der Waals surface area (Å²) in [7, 11) is 1.41. The zero-order valence-electron chi connectivity index (χ0n) is 10.2. The molecule has 0 aliphatic rings. The van der Waals surface area contributed by atoms with Gasteiger partial charge in [0.2, 0.25) is 0 Å². The molecule has 0 aliphatic carbocycles. The van der Waals surface area contributed by atoms with Gasteiger partial charge < -0.3 is 10.5 Å². The number of rotatable bonds is 6. The summed E-state index contributed by atoms with van der Waals surface area (Å²) in [6.07, 6.45) is 6.09. The molecule has 0 atom stereocenters. The Morgan fingerprint density at radius 1 is 1.41 bits per heavy atom. The maximum Gasteiger partial charge on any atom is 0.305 e. The maximum absolute atomic E-state index is 11.1. The molecule has 0 aliphatic heterocycles. The summed E-state index contributed by atoms with van der Waals surface area (Å²) in [5, 5.41) is 0. The van der Waals surface area contributed by atoms with E-state index in [9.17, 15) is 4.79 Å². The van der Waals surface area contributed by atoms with E-state index in [1.54, 1.807) is 0 Å². The molecule has 0 heterocycles. The Labute approximate surface area is 102 Å². The predicted octanol–water partition coefficient (Wildman–Crippen LogP) is 2.15. The van der Waals surface area contributed by atoms with Crippen molar-refractivity contribution in [1.82, 2.24) is 0 Å². The van der Waals surface area contributed by atoms with Crippen LogP contribution in [0, 0.1) is 0 Å². The van der Waals surface area contributed by atoms with E-state index in [1.807, 2.05) is 24.3 Å². The minimum absolute atomic E-state index is 0.175. The van der Waals surface area contributed by atoms with Crippen molar-refractivity contribution in [3.05, 3.63) is 41.5 Å². The van der Waals surface area contributed by atoms with E-state index >= 15 is 0 Å². The molecule has 0 saturated carbocycles. The van der Waals surface area contributed by atoms with E-state index in [2.05, 4.69) is 16.9 Å². The summed E-state index contributed by atoms with van der Waals surface area (Å²) in [6, 6.07) is 8.04. The topological polar surface area (TPSA) is 52.3 Å². The lowest BCUT2D eigenvalue weighted by Gasteiger charge is -2.05. The number of aryl methyl sites for hydroxylation is 1. The molecule has 1 aromatic carbocycles. The smallest absolute Gasteiger partial charge is 0.305 e. The van der Waals surface area contributed by atoms with Crippen LogP contribution < -0.4 is 5.73 Å². The van der Waals surface area contributed by atoms with Gasteiger partial charge in [0.15, 0.2) is 0 Å². The van der Waals surface area contributed by atoms with Crippen molar-refractivity contribution in [2.45, 2.75) is 19.3 Å². The normalized spacial score (nSPS) is 10.7. The van der Waals surface area contributed by atoms with Crippen molar-refractivity contribution in [3.63, 3.8) is 0 Å². The van der Waals surface area contributed by atoms with Crippen molar-refractivity contribution >= 4 is 12.0 Å². The van der Waals surface area contributed by atoms with Crippen LogP contribution in [0.5, 0.6) is 0 Å². The second-order valence-electron chi connectivity index (χ2n) is 3.75. The van der Waals surface area contributed by atoms with Crippen LogP contribution in [-0.2, 0) is 16.0 Å². The molecule has 0 radical (unpaired) electrons. The zero-order valence-corrected chi connectivity index (χ0v) is 10.2. The van der Waals surface area contributed by atoms with Gasteiger partial charge in [-0.25, -0.2) is 0 Å². The Morgan fingerprint density at radius 3 is 2.88 bits per heavy atom. The standard InChI is InChI=1S/C14H19NO2/c1-17-14(16)10-9-13-7-3-2-6-12(13)8-4-5-11-15/h2-4,6-8H,5,9-11,15H2,1H3. The van der Waals surface area contributed by atoms with Crippen LogP contribution in [0.15, 0.2) is 30.3 Å². The number of methoxy groups -OCH3 is 1. The van der Waals surface area contributed by atoms with E-state index in [-0.39, 0.29) is 5.97 Å². The van der Waals surface area contributed by atoms with Crippen molar-refractivity contribution in [3.8, 4) is 0 Å². The Bertz CT molecular complexity index is 386. The Balaban J connectivity index is 2.67. The first-order valence-corrected chi connectivity index (χ1v) is 5.79. The van der Waals surface area contributed by atoms with Gasteiger partial charge in [-0.05, 0) is 30.5 Å². The van der Waals surface area contributed by atoms with Gasteiger partial charge in [-0.15, -0.1) is 0 Å². The van der Waals surface area contributed by atoms with Gasteiger partial charge in [0.05, 0.1) is 7.11 Å². The molecule has 0 unspecified atom stereocenters. The van der Waals surface area contributed by atoms with Crippen LogP contribution in [0.3, 0.4) is 0 Å². The Morgan fingerprint density at radius 2 is 2.18 bits per heavy atom. The first-order chi connectivity index (χ1) is 8.27. The van der Waals surface area contributed by atoms with Gasteiger partial charge in [0, 0.05) is 6.42 Å². The highest BCUT2D eigenvalue weighted by Gasteiger charge is 2.03. The number of benzene rings is 1. The first kappa shape index (κ1) is 13.5. The predicted molar refractivity (Wildman–Crippen MR) is 69.5 cm³/mol. The van der Waals surface area contributed by atoms with Gasteiger partial charge in [-0.1, -0.05) is 36.4 Å². The first-order valence-electron chi connectivity index (χ1n) is 5.79. The average molecular weight is 233 g/mol. The lowest BCUT2D eigenvalue weighted by molar-refractivity contribution is -0.140. The van der Waals surface area contributed by atoms with Crippen molar-refractivity contribution in [2.75, 3.05) is 13.7 Å². The number of carbonyl (C=O) groups excluding carboxylic acids is 1. The van der Waals surface area contributed by atoms with Gasteiger partial charge in [-0.3, -0.25) is 4.79 Å². The molecular weight excluding hydrogens is 214 g/mol. The van der Waals surface area contributed by atoms with Crippen molar-refractivity contribution in [1.29, 1.82) is 0 Å². The van der Waals surface area contributed by atoms with Crippen LogP contribution >= 0.6 is 0 Å². The monoisotopic (exact) mass is 233 g/mol. The molecule has 0 saturated heterocycles. The highest BCUT2D eigenvalue weighted by atomic mass is 16.5. The highest BCUT2D eigenvalue weighted by molar-refractivity contribution is 5.69. The lowest BCUT2D eigenvalue weighted by Crippen LogP contribution is -2.02. The lowest BCUT2D eigenvalue weighted by atomic mass is 10.0. The quantitative estimate of drug-likeness (QED) is 0.766. The van der Waals surface area contributed by atoms with E-state index in [0.29, 0.717) is 19.4 Å². The summed E-state index contributed by atoms with van der Waals surface area (Å²) in [6.45, 7) is 0.654. The second-order valence-corrected chi connectivity index (χ2v) is 3.75.